The Balaban J connectivity index is 2.48. The molecule has 0 atom stereocenters. The zero-order chi connectivity index (χ0) is 17.3. The van der Waals surface area contributed by atoms with E-state index in [2.05, 4.69) is 55.4 Å². The second kappa shape index (κ2) is 9.48. The summed E-state index contributed by atoms with van der Waals surface area (Å²) in [7, 11) is 6.07. The number of likely N-dealkylation sites (N-methyl/N-ethyl adjacent to an activating group) is 1. The molecule has 1 saturated carbocycles. The van der Waals surface area contributed by atoms with E-state index in [1.165, 1.54) is 25.7 Å². The van der Waals surface area contributed by atoms with E-state index in [0.717, 1.165) is 38.7 Å². The van der Waals surface area contributed by atoms with Crippen LogP contribution < -0.4 is 10.6 Å². The summed E-state index contributed by atoms with van der Waals surface area (Å²) in [6.07, 6.45) is 6.43. The van der Waals surface area contributed by atoms with E-state index in [0.29, 0.717) is 5.41 Å². The zero-order valence-electron chi connectivity index (χ0n) is 16.2. The Morgan fingerprint density at radius 3 is 2.39 bits per heavy atom. The van der Waals surface area contributed by atoms with Gasteiger partial charge in [-0.05, 0) is 59.5 Å². The minimum absolute atomic E-state index is 0.0949. The van der Waals surface area contributed by atoms with E-state index in [1.54, 1.807) is 0 Å². The lowest BCUT2D eigenvalue weighted by Gasteiger charge is -2.34. The molecule has 0 bridgehead atoms. The Labute approximate surface area is 143 Å². The van der Waals surface area contributed by atoms with E-state index in [9.17, 15) is 0 Å². The molecular weight excluding hydrogens is 288 g/mol. The van der Waals surface area contributed by atoms with Crippen LogP contribution in [0, 0.1) is 5.41 Å². The monoisotopic (exact) mass is 326 g/mol. The first-order valence-electron chi connectivity index (χ1n) is 9.05. The van der Waals surface area contributed by atoms with Crippen molar-refractivity contribution in [2.45, 2.75) is 58.4 Å². The molecule has 0 aromatic rings. The molecule has 136 valence electrons. The Morgan fingerprint density at radius 1 is 1.22 bits per heavy atom. The van der Waals surface area contributed by atoms with Crippen LogP contribution in [-0.4, -0.2) is 63.8 Å². The van der Waals surface area contributed by atoms with Gasteiger partial charge in [-0.25, -0.2) is 0 Å². The summed E-state index contributed by atoms with van der Waals surface area (Å²) in [6.45, 7) is 10.1. The molecule has 1 fully saturated rings. The molecule has 0 radical (unpaired) electrons. The Bertz CT molecular complexity index is 360. The quantitative estimate of drug-likeness (QED) is 0.388. The summed E-state index contributed by atoms with van der Waals surface area (Å²) < 4.78 is 5.59. The number of rotatable bonds is 9. The number of hydrogen-bond acceptors (Lipinski definition) is 3. The van der Waals surface area contributed by atoms with Crippen molar-refractivity contribution in [2.75, 3.05) is 47.4 Å². The standard InChI is InChI=1S/C18H38N4O/c1-7-23-13-12-18(10-8-9-11-18)15-21-16(19-4)20-14-17(2,3)22(5)6/h7-15H2,1-6H3,(H2,19,20,21). The van der Waals surface area contributed by atoms with Gasteiger partial charge in [0.15, 0.2) is 5.96 Å². The smallest absolute Gasteiger partial charge is 0.191 e. The number of nitrogens with zero attached hydrogens (tertiary/aromatic N) is 2. The number of nitrogens with one attached hydrogen (secondary N) is 2. The Morgan fingerprint density at radius 2 is 1.87 bits per heavy atom. The summed E-state index contributed by atoms with van der Waals surface area (Å²) in [5.41, 5.74) is 0.474. The van der Waals surface area contributed by atoms with E-state index < -0.39 is 0 Å². The largest absolute Gasteiger partial charge is 0.382 e. The molecule has 2 N–H and O–H groups in total. The fourth-order valence-corrected chi connectivity index (χ4v) is 3.02. The summed E-state index contributed by atoms with van der Waals surface area (Å²) in [6, 6.07) is 0. The van der Waals surface area contributed by atoms with Crippen LogP contribution in [0.15, 0.2) is 4.99 Å². The zero-order valence-corrected chi connectivity index (χ0v) is 16.2. The van der Waals surface area contributed by atoms with E-state index >= 15 is 0 Å². The second-order valence-electron chi connectivity index (χ2n) is 7.64. The molecule has 0 amide bonds. The maximum absolute atomic E-state index is 5.59. The van der Waals surface area contributed by atoms with Crippen molar-refractivity contribution in [3.63, 3.8) is 0 Å². The normalized spacial score (nSPS) is 18.5. The molecule has 5 heteroatoms. The van der Waals surface area contributed by atoms with E-state index in [4.69, 9.17) is 4.74 Å². The van der Waals surface area contributed by atoms with Crippen LogP contribution in [0.4, 0.5) is 0 Å². The van der Waals surface area contributed by atoms with Crippen LogP contribution >= 0.6 is 0 Å². The van der Waals surface area contributed by atoms with Gasteiger partial charge in [0.2, 0.25) is 0 Å². The van der Waals surface area contributed by atoms with Crippen LogP contribution in [0.2, 0.25) is 0 Å². The molecule has 23 heavy (non-hydrogen) atoms. The van der Waals surface area contributed by atoms with Crippen molar-refractivity contribution in [1.82, 2.24) is 15.5 Å². The van der Waals surface area contributed by atoms with Crippen molar-refractivity contribution in [3.05, 3.63) is 0 Å². The molecule has 0 aliphatic heterocycles. The average Bonchev–Trinajstić information content (AvgIpc) is 2.96. The molecule has 0 spiro atoms. The Hall–Kier alpha value is -0.810. The van der Waals surface area contributed by atoms with Crippen LogP contribution in [0.3, 0.4) is 0 Å². The number of guanidine groups is 1. The maximum atomic E-state index is 5.59. The highest BCUT2D eigenvalue weighted by Crippen LogP contribution is 2.40. The van der Waals surface area contributed by atoms with Crippen molar-refractivity contribution in [3.8, 4) is 0 Å². The van der Waals surface area contributed by atoms with Crippen LogP contribution in [0.5, 0.6) is 0 Å². The second-order valence-corrected chi connectivity index (χ2v) is 7.64. The maximum Gasteiger partial charge on any atom is 0.191 e. The SMILES string of the molecule is CCOCCC1(CNC(=NC)NCC(C)(C)N(C)C)CCCC1. The summed E-state index contributed by atoms with van der Waals surface area (Å²) in [5.74, 6) is 0.905. The molecule has 0 aromatic heterocycles. The lowest BCUT2D eigenvalue weighted by Crippen LogP contribution is -2.52. The van der Waals surface area contributed by atoms with Gasteiger partial charge in [0.05, 0.1) is 0 Å². The Kier molecular flexibility index (Phi) is 8.34. The van der Waals surface area contributed by atoms with Crippen LogP contribution in [0.1, 0.15) is 52.9 Å². The van der Waals surface area contributed by atoms with Gasteiger partial charge in [-0.15, -0.1) is 0 Å². The molecule has 1 aliphatic carbocycles. The molecule has 5 nitrogen and oxygen atoms in total. The summed E-state index contributed by atoms with van der Waals surface area (Å²) in [5, 5.41) is 7.02. The van der Waals surface area contributed by atoms with Crippen molar-refractivity contribution in [1.29, 1.82) is 0 Å². The van der Waals surface area contributed by atoms with E-state index in [1.807, 2.05) is 7.05 Å². The molecule has 1 rings (SSSR count). The first-order chi connectivity index (χ1) is 10.9. The van der Waals surface area contributed by atoms with Crippen LogP contribution in [0.25, 0.3) is 0 Å². The molecule has 0 heterocycles. The number of ether oxygens (including phenoxy) is 1. The van der Waals surface area contributed by atoms with Gasteiger partial charge in [0, 0.05) is 38.9 Å². The van der Waals surface area contributed by atoms with Crippen molar-refractivity contribution in [2.24, 2.45) is 10.4 Å². The molecular formula is C18H38N4O. The summed E-state index contributed by atoms with van der Waals surface area (Å²) >= 11 is 0. The lowest BCUT2D eigenvalue weighted by atomic mass is 9.83. The number of hydrogen-bond donors (Lipinski definition) is 2. The van der Waals surface area contributed by atoms with Crippen LogP contribution in [-0.2, 0) is 4.74 Å². The fourth-order valence-electron chi connectivity index (χ4n) is 3.02. The van der Waals surface area contributed by atoms with Gasteiger partial charge >= 0.3 is 0 Å². The molecule has 0 unspecified atom stereocenters. The summed E-state index contributed by atoms with van der Waals surface area (Å²) in [4.78, 5) is 6.61. The van der Waals surface area contributed by atoms with E-state index in [-0.39, 0.29) is 5.54 Å². The predicted octanol–water partition coefficient (Wildman–Crippen LogP) is 2.48. The highest BCUT2D eigenvalue weighted by atomic mass is 16.5. The third-order valence-electron chi connectivity index (χ3n) is 5.40. The van der Waals surface area contributed by atoms with Gasteiger partial charge in [-0.3, -0.25) is 4.99 Å². The highest BCUT2D eigenvalue weighted by molar-refractivity contribution is 5.79. The lowest BCUT2D eigenvalue weighted by molar-refractivity contribution is 0.105. The van der Waals surface area contributed by atoms with Gasteiger partial charge in [0.1, 0.15) is 0 Å². The molecule has 0 aromatic carbocycles. The minimum atomic E-state index is 0.0949. The molecule has 1 aliphatic rings. The number of aliphatic imine (C=N–C) groups is 1. The average molecular weight is 327 g/mol. The third-order valence-corrected chi connectivity index (χ3v) is 5.40. The van der Waals surface area contributed by atoms with Gasteiger partial charge in [0.25, 0.3) is 0 Å². The van der Waals surface area contributed by atoms with Gasteiger partial charge < -0.3 is 20.3 Å². The van der Waals surface area contributed by atoms with Crippen molar-refractivity contribution >= 4 is 5.96 Å². The predicted molar refractivity (Wildman–Crippen MR) is 99.1 cm³/mol. The first-order valence-corrected chi connectivity index (χ1v) is 9.05. The third kappa shape index (κ3) is 6.68. The van der Waals surface area contributed by atoms with Crippen molar-refractivity contribution < 1.29 is 4.74 Å². The van der Waals surface area contributed by atoms with Gasteiger partial charge in [-0.2, -0.15) is 0 Å². The fraction of sp³-hybridized carbons (Fsp3) is 0.944. The first kappa shape index (κ1) is 20.2. The highest BCUT2D eigenvalue weighted by Gasteiger charge is 2.33. The molecule has 0 saturated heterocycles. The minimum Gasteiger partial charge on any atom is -0.382 e. The van der Waals surface area contributed by atoms with Gasteiger partial charge in [-0.1, -0.05) is 12.8 Å². The topological polar surface area (TPSA) is 48.9 Å².